The van der Waals surface area contributed by atoms with Crippen molar-refractivity contribution in [1.29, 1.82) is 0 Å². The third-order valence-electron chi connectivity index (χ3n) is 6.95. The number of hydrogen-bond donors (Lipinski definition) is 2. The molecule has 10 nitrogen and oxygen atoms in total. The molecule has 2 heterocycles. The second-order valence-corrected chi connectivity index (χ2v) is 9.99. The molecule has 1 amide bonds. The van der Waals surface area contributed by atoms with E-state index in [1.807, 2.05) is 36.4 Å². The highest BCUT2D eigenvalue weighted by Gasteiger charge is 2.19. The minimum atomic E-state index is -0.256. The standard InChI is InChI=1S/C31H41N5O5/c1-23(24-9-5-4-6-10-24)34-31-26-19-28(35-30(37)12-7-13-36(14-17-38-2)15-18-39-3)29(20-27(26)32-22-33-31)41-21-25-11-8-16-40-25/h4-7,9-10,12,19-20,22-23,25H,8,11,13-18,21H2,1-3H3,(H,35,37)(H,32,33,34). The fraction of sp³-hybridized carbons (Fsp3) is 0.452. The van der Waals surface area contributed by atoms with Crippen molar-refractivity contribution in [3.63, 3.8) is 0 Å². The first-order valence-corrected chi connectivity index (χ1v) is 14.1. The second-order valence-electron chi connectivity index (χ2n) is 9.99. The molecule has 0 spiro atoms. The van der Waals surface area contributed by atoms with Crippen LogP contribution in [0, 0.1) is 0 Å². The summed E-state index contributed by atoms with van der Waals surface area (Å²) < 4.78 is 22.3. The summed E-state index contributed by atoms with van der Waals surface area (Å²) in [6, 6.07) is 13.9. The van der Waals surface area contributed by atoms with E-state index < -0.39 is 0 Å². The van der Waals surface area contributed by atoms with Crippen LogP contribution < -0.4 is 15.4 Å². The van der Waals surface area contributed by atoms with E-state index in [9.17, 15) is 4.79 Å². The Hall–Kier alpha value is -3.57. The Morgan fingerprint density at radius 2 is 1.93 bits per heavy atom. The number of nitrogens with zero attached hydrogens (tertiary/aromatic N) is 3. The topological polar surface area (TPSA) is 107 Å². The molecule has 1 fully saturated rings. The number of amides is 1. The van der Waals surface area contributed by atoms with Gasteiger partial charge in [0, 0.05) is 64.0 Å². The number of ether oxygens (including phenoxy) is 4. The maximum absolute atomic E-state index is 13.0. The van der Waals surface area contributed by atoms with Crippen LogP contribution in [-0.2, 0) is 19.0 Å². The highest BCUT2D eigenvalue weighted by atomic mass is 16.5. The number of nitrogens with one attached hydrogen (secondary N) is 2. The summed E-state index contributed by atoms with van der Waals surface area (Å²) in [5, 5.41) is 7.28. The van der Waals surface area contributed by atoms with Gasteiger partial charge in [-0.25, -0.2) is 9.97 Å². The molecule has 4 rings (SSSR count). The molecule has 2 unspecified atom stereocenters. The predicted molar refractivity (Wildman–Crippen MR) is 160 cm³/mol. The number of hydrogen-bond acceptors (Lipinski definition) is 9. The lowest BCUT2D eigenvalue weighted by atomic mass is 10.1. The number of rotatable bonds is 16. The Morgan fingerprint density at radius 1 is 1.15 bits per heavy atom. The van der Waals surface area contributed by atoms with Gasteiger partial charge in [-0.2, -0.15) is 0 Å². The van der Waals surface area contributed by atoms with Gasteiger partial charge in [-0.15, -0.1) is 0 Å². The normalized spacial score (nSPS) is 16.0. The van der Waals surface area contributed by atoms with Crippen molar-refractivity contribution in [3.8, 4) is 5.75 Å². The molecular formula is C31H41N5O5. The van der Waals surface area contributed by atoms with Gasteiger partial charge in [0.1, 0.15) is 24.5 Å². The third kappa shape index (κ3) is 9.22. The molecule has 0 radical (unpaired) electrons. The van der Waals surface area contributed by atoms with Gasteiger partial charge in [0.05, 0.1) is 30.5 Å². The van der Waals surface area contributed by atoms with E-state index in [4.69, 9.17) is 18.9 Å². The second kappa shape index (κ2) is 16.0. The summed E-state index contributed by atoms with van der Waals surface area (Å²) in [6.07, 6.45) is 6.92. The zero-order valence-corrected chi connectivity index (χ0v) is 24.2. The molecule has 0 bridgehead atoms. The Kier molecular flexibility index (Phi) is 11.9. The maximum Gasteiger partial charge on any atom is 0.248 e. The molecule has 1 aliphatic rings. The number of aromatic nitrogens is 2. The predicted octanol–water partition coefficient (Wildman–Crippen LogP) is 4.45. The zero-order chi connectivity index (χ0) is 28.9. The largest absolute Gasteiger partial charge is 0.489 e. The van der Waals surface area contributed by atoms with E-state index in [0.29, 0.717) is 49.1 Å². The number of benzene rings is 2. The Bertz CT molecular complexity index is 1260. The van der Waals surface area contributed by atoms with E-state index in [1.165, 1.54) is 6.33 Å². The molecule has 41 heavy (non-hydrogen) atoms. The minimum Gasteiger partial charge on any atom is -0.489 e. The van der Waals surface area contributed by atoms with Crippen molar-refractivity contribution >= 4 is 28.3 Å². The Labute approximate surface area is 242 Å². The van der Waals surface area contributed by atoms with Crippen molar-refractivity contribution in [2.75, 3.05) is 70.9 Å². The van der Waals surface area contributed by atoms with Crippen molar-refractivity contribution in [1.82, 2.24) is 14.9 Å². The molecular weight excluding hydrogens is 522 g/mol. The smallest absolute Gasteiger partial charge is 0.248 e. The summed E-state index contributed by atoms with van der Waals surface area (Å²) >= 11 is 0. The molecule has 10 heteroatoms. The lowest BCUT2D eigenvalue weighted by Crippen LogP contribution is -2.31. The zero-order valence-electron chi connectivity index (χ0n) is 24.2. The van der Waals surface area contributed by atoms with Gasteiger partial charge in [0.2, 0.25) is 5.91 Å². The van der Waals surface area contributed by atoms with Gasteiger partial charge >= 0.3 is 0 Å². The van der Waals surface area contributed by atoms with E-state index in [2.05, 4.69) is 44.6 Å². The van der Waals surface area contributed by atoms with Gasteiger partial charge in [-0.3, -0.25) is 9.69 Å². The maximum atomic E-state index is 13.0. The van der Waals surface area contributed by atoms with Crippen LogP contribution in [-0.4, -0.2) is 87.2 Å². The van der Waals surface area contributed by atoms with Gasteiger partial charge in [0.25, 0.3) is 0 Å². The van der Waals surface area contributed by atoms with Crippen LogP contribution in [0.3, 0.4) is 0 Å². The quantitative estimate of drug-likeness (QED) is 0.245. The molecule has 2 N–H and O–H groups in total. The molecule has 3 aromatic rings. The molecule has 1 saturated heterocycles. The van der Waals surface area contributed by atoms with E-state index >= 15 is 0 Å². The van der Waals surface area contributed by atoms with E-state index in [-0.39, 0.29) is 18.1 Å². The fourth-order valence-electron chi connectivity index (χ4n) is 4.62. The summed E-state index contributed by atoms with van der Waals surface area (Å²) in [7, 11) is 3.35. The van der Waals surface area contributed by atoms with Crippen LogP contribution in [0.4, 0.5) is 11.5 Å². The highest BCUT2D eigenvalue weighted by Crippen LogP contribution is 2.34. The lowest BCUT2D eigenvalue weighted by molar-refractivity contribution is -0.111. The van der Waals surface area contributed by atoms with Crippen LogP contribution in [0.15, 0.2) is 60.9 Å². The first-order chi connectivity index (χ1) is 20.1. The van der Waals surface area contributed by atoms with Crippen LogP contribution in [0.25, 0.3) is 10.9 Å². The number of carbonyl (C=O) groups excluding carboxylic acids is 1. The van der Waals surface area contributed by atoms with Crippen molar-refractivity contribution in [2.45, 2.75) is 31.9 Å². The SMILES string of the molecule is COCCN(CC=CC(=O)Nc1cc2c(NC(C)c3ccccc3)ncnc2cc1OCC1CCCO1)CCOC. The number of anilines is 2. The molecule has 1 aromatic heterocycles. The van der Waals surface area contributed by atoms with Gasteiger partial charge in [-0.05, 0) is 31.4 Å². The van der Waals surface area contributed by atoms with Crippen molar-refractivity contribution in [3.05, 3.63) is 66.5 Å². The number of methoxy groups -OCH3 is 2. The molecule has 2 aromatic carbocycles. The van der Waals surface area contributed by atoms with Crippen LogP contribution in [0.2, 0.25) is 0 Å². The van der Waals surface area contributed by atoms with Crippen LogP contribution >= 0.6 is 0 Å². The van der Waals surface area contributed by atoms with E-state index in [0.717, 1.165) is 43.5 Å². The first kappa shape index (κ1) is 30.4. The Morgan fingerprint density at radius 3 is 2.63 bits per heavy atom. The average molecular weight is 564 g/mol. The summed E-state index contributed by atoms with van der Waals surface area (Å²) in [6.45, 7) is 6.52. The van der Waals surface area contributed by atoms with E-state index in [1.54, 1.807) is 20.3 Å². The third-order valence-corrected chi connectivity index (χ3v) is 6.95. The van der Waals surface area contributed by atoms with Crippen molar-refractivity contribution < 1.29 is 23.7 Å². The van der Waals surface area contributed by atoms with Gasteiger partial charge < -0.3 is 29.6 Å². The summed E-state index contributed by atoms with van der Waals surface area (Å²) in [5.74, 6) is 0.959. The molecule has 220 valence electrons. The number of carbonyl (C=O) groups is 1. The summed E-state index contributed by atoms with van der Waals surface area (Å²) in [4.78, 5) is 24.2. The van der Waals surface area contributed by atoms with Gasteiger partial charge in [0.15, 0.2) is 0 Å². The number of fused-ring (bicyclic) bond motifs is 1. The van der Waals surface area contributed by atoms with Crippen LogP contribution in [0.5, 0.6) is 5.75 Å². The lowest BCUT2D eigenvalue weighted by Gasteiger charge is -2.19. The highest BCUT2D eigenvalue weighted by molar-refractivity contribution is 6.03. The average Bonchev–Trinajstić information content (AvgIpc) is 3.52. The minimum absolute atomic E-state index is 0.0184. The molecule has 1 aliphatic heterocycles. The fourth-order valence-corrected chi connectivity index (χ4v) is 4.62. The first-order valence-electron chi connectivity index (χ1n) is 14.1. The van der Waals surface area contributed by atoms with Crippen LogP contribution in [0.1, 0.15) is 31.4 Å². The monoisotopic (exact) mass is 563 g/mol. The molecule has 2 atom stereocenters. The molecule has 0 aliphatic carbocycles. The van der Waals surface area contributed by atoms with Gasteiger partial charge in [-0.1, -0.05) is 36.4 Å². The summed E-state index contributed by atoms with van der Waals surface area (Å²) in [5.41, 5.74) is 2.40. The van der Waals surface area contributed by atoms with Crippen molar-refractivity contribution in [2.24, 2.45) is 0 Å². The Balaban J connectivity index is 1.54. The molecule has 0 saturated carbocycles.